The van der Waals surface area contributed by atoms with Gasteiger partial charge in [0.1, 0.15) is 12.2 Å². The van der Waals surface area contributed by atoms with Gasteiger partial charge < -0.3 is 15.3 Å². The molecular formula is C17H35NO3. The molecule has 0 saturated carbocycles. The minimum atomic E-state index is -1.04. The van der Waals surface area contributed by atoms with Gasteiger partial charge in [-0.2, -0.15) is 0 Å². The van der Waals surface area contributed by atoms with E-state index in [4.69, 9.17) is 0 Å². The second-order valence-corrected chi connectivity index (χ2v) is 6.92. The lowest BCUT2D eigenvalue weighted by Crippen LogP contribution is -2.69. The summed E-state index contributed by atoms with van der Waals surface area (Å²) in [6, 6.07) is 0. The topological polar surface area (TPSA) is 63.9 Å². The first-order valence-corrected chi connectivity index (χ1v) is 8.64. The molecule has 0 aromatic rings. The van der Waals surface area contributed by atoms with E-state index < -0.39 is 23.9 Å². The molecule has 0 bridgehead atoms. The van der Waals surface area contributed by atoms with E-state index in [1.807, 2.05) is 18.9 Å². The summed E-state index contributed by atoms with van der Waals surface area (Å²) in [5, 5.41) is 30.4. The van der Waals surface area contributed by atoms with Crippen LogP contribution in [0.15, 0.2) is 0 Å². The largest absolute Gasteiger partial charge is 0.389 e. The van der Waals surface area contributed by atoms with Crippen molar-refractivity contribution in [3.63, 3.8) is 0 Å². The van der Waals surface area contributed by atoms with Gasteiger partial charge >= 0.3 is 0 Å². The number of hydrogen-bond donors (Lipinski definition) is 3. The molecule has 0 aromatic carbocycles. The van der Waals surface area contributed by atoms with Crippen LogP contribution in [0.1, 0.15) is 65.7 Å². The molecular weight excluding hydrogens is 266 g/mol. The maximum atomic E-state index is 10.5. The number of β-amino-alcohol motifs (C(OH)–C–C–N with tert-alkyl or cyclic N) is 1. The smallest absolute Gasteiger partial charge is 0.109 e. The van der Waals surface area contributed by atoms with Gasteiger partial charge in [0.2, 0.25) is 0 Å². The van der Waals surface area contributed by atoms with E-state index in [9.17, 15) is 15.3 Å². The van der Waals surface area contributed by atoms with Crippen molar-refractivity contribution in [2.45, 2.75) is 89.6 Å². The molecule has 5 unspecified atom stereocenters. The van der Waals surface area contributed by atoms with E-state index in [1.165, 1.54) is 32.1 Å². The van der Waals surface area contributed by atoms with Crippen LogP contribution in [0.3, 0.4) is 0 Å². The van der Waals surface area contributed by atoms with Crippen LogP contribution in [0.5, 0.6) is 0 Å². The van der Waals surface area contributed by atoms with E-state index in [0.717, 1.165) is 12.8 Å². The Morgan fingerprint density at radius 1 is 1.10 bits per heavy atom. The molecule has 5 atom stereocenters. The second-order valence-electron chi connectivity index (χ2n) is 6.92. The summed E-state index contributed by atoms with van der Waals surface area (Å²) in [5.74, 6) is 0.335. The van der Waals surface area contributed by atoms with Gasteiger partial charge in [0.15, 0.2) is 0 Å². The molecule has 0 aliphatic carbocycles. The third-order valence-electron chi connectivity index (χ3n) is 5.58. The molecule has 3 N–H and O–H groups in total. The molecule has 4 nitrogen and oxygen atoms in total. The Labute approximate surface area is 130 Å². The first kappa shape index (κ1) is 18.9. The van der Waals surface area contributed by atoms with Crippen molar-refractivity contribution in [2.75, 3.05) is 13.6 Å². The molecule has 21 heavy (non-hydrogen) atoms. The Bertz CT molecular complexity index is 300. The van der Waals surface area contributed by atoms with E-state index in [0.29, 0.717) is 12.5 Å². The molecule has 0 spiro atoms. The van der Waals surface area contributed by atoms with Gasteiger partial charge in [-0.25, -0.2) is 0 Å². The predicted octanol–water partition coefficient (Wildman–Crippen LogP) is 2.16. The number of likely N-dealkylation sites (N-methyl/N-ethyl adjacent to an activating group) is 1. The first-order chi connectivity index (χ1) is 9.89. The molecule has 1 rings (SSSR count). The zero-order chi connectivity index (χ0) is 16.0. The van der Waals surface area contributed by atoms with Crippen LogP contribution < -0.4 is 0 Å². The van der Waals surface area contributed by atoms with Gasteiger partial charge in [-0.3, -0.25) is 4.90 Å². The number of piperidine rings is 1. The standard InChI is InChI=1S/C17H35NO3/c1-5-7-8-9-10-11-13(6-2)17(3)16(21)15(20)14(19)12-18(17)4/h13-16,19-21H,5-12H2,1-4H3. The Balaban J connectivity index is 2.67. The van der Waals surface area contributed by atoms with Crippen LogP contribution >= 0.6 is 0 Å². The summed E-state index contributed by atoms with van der Waals surface area (Å²) < 4.78 is 0. The lowest BCUT2D eigenvalue weighted by molar-refractivity contribution is -0.181. The maximum Gasteiger partial charge on any atom is 0.109 e. The second kappa shape index (κ2) is 8.47. The highest BCUT2D eigenvalue weighted by Crippen LogP contribution is 2.38. The van der Waals surface area contributed by atoms with Crippen LogP contribution in [0.2, 0.25) is 0 Å². The van der Waals surface area contributed by atoms with Gasteiger partial charge in [-0.15, -0.1) is 0 Å². The monoisotopic (exact) mass is 301 g/mol. The molecule has 1 saturated heterocycles. The summed E-state index contributed by atoms with van der Waals surface area (Å²) in [7, 11) is 1.94. The van der Waals surface area contributed by atoms with Crippen LogP contribution in [0, 0.1) is 5.92 Å². The van der Waals surface area contributed by atoms with Crippen LogP contribution in [-0.2, 0) is 0 Å². The average Bonchev–Trinajstić information content (AvgIpc) is 2.47. The molecule has 1 heterocycles. The minimum Gasteiger partial charge on any atom is -0.389 e. The molecule has 1 fully saturated rings. The predicted molar refractivity (Wildman–Crippen MR) is 86.2 cm³/mol. The van der Waals surface area contributed by atoms with Gasteiger partial charge in [0.25, 0.3) is 0 Å². The molecule has 0 aromatic heterocycles. The number of nitrogens with zero attached hydrogens (tertiary/aromatic N) is 1. The highest BCUT2D eigenvalue weighted by atomic mass is 16.4. The summed E-state index contributed by atoms with van der Waals surface area (Å²) in [6.07, 6.45) is 5.49. The van der Waals surface area contributed by atoms with Gasteiger partial charge in [-0.1, -0.05) is 52.4 Å². The zero-order valence-corrected chi connectivity index (χ0v) is 14.3. The highest BCUT2D eigenvalue weighted by Gasteiger charge is 2.51. The van der Waals surface area contributed by atoms with Gasteiger partial charge in [-0.05, 0) is 26.3 Å². The van der Waals surface area contributed by atoms with Crippen LogP contribution in [-0.4, -0.2) is 57.7 Å². The van der Waals surface area contributed by atoms with E-state index in [1.54, 1.807) is 0 Å². The fraction of sp³-hybridized carbons (Fsp3) is 1.00. The lowest BCUT2D eigenvalue weighted by atomic mass is 9.71. The number of rotatable bonds is 8. The molecule has 1 aliphatic rings. The minimum absolute atomic E-state index is 0.335. The molecule has 126 valence electrons. The lowest BCUT2D eigenvalue weighted by Gasteiger charge is -2.54. The van der Waals surface area contributed by atoms with Crippen LogP contribution in [0.4, 0.5) is 0 Å². The SMILES string of the molecule is CCCCCCCC(CC)C1(C)C(O)C(O)C(O)CN1C. The van der Waals surface area contributed by atoms with Crippen molar-refractivity contribution in [1.82, 2.24) is 4.90 Å². The summed E-state index contributed by atoms with van der Waals surface area (Å²) >= 11 is 0. The third kappa shape index (κ3) is 4.19. The Morgan fingerprint density at radius 3 is 2.29 bits per heavy atom. The fourth-order valence-corrected chi connectivity index (χ4v) is 3.82. The number of aliphatic hydroxyl groups is 3. The molecule has 0 radical (unpaired) electrons. The Kier molecular flexibility index (Phi) is 7.62. The van der Waals surface area contributed by atoms with E-state index in [-0.39, 0.29) is 0 Å². The van der Waals surface area contributed by atoms with Crippen molar-refractivity contribution in [2.24, 2.45) is 5.92 Å². The molecule has 0 amide bonds. The normalized spacial score (nSPS) is 35.9. The zero-order valence-electron chi connectivity index (χ0n) is 14.3. The first-order valence-electron chi connectivity index (χ1n) is 8.64. The number of hydrogen-bond acceptors (Lipinski definition) is 4. The van der Waals surface area contributed by atoms with Crippen molar-refractivity contribution in [3.8, 4) is 0 Å². The quantitative estimate of drug-likeness (QED) is 0.601. The summed E-state index contributed by atoms with van der Waals surface area (Å²) in [6.45, 7) is 6.82. The third-order valence-corrected chi connectivity index (χ3v) is 5.58. The van der Waals surface area contributed by atoms with Crippen molar-refractivity contribution in [3.05, 3.63) is 0 Å². The molecule has 1 aliphatic heterocycles. The summed E-state index contributed by atoms with van der Waals surface area (Å²) in [5.41, 5.74) is -0.460. The Hall–Kier alpha value is -0.160. The van der Waals surface area contributed by atoms with Crippen molar-refractivity contribution < 1.29 is 15.3 Å². The Morgan fingerprint density at radius 2 is 1.71 bits per heavy atom. The van der Waals surface area contributed by atoms with Crippen molar-refractivity contribution in [1.29, 1.82) is 0 Å². The van der Waals surface area contributed by atoms with E-state index >= 15 is 0 Å². The average molecular weight is 301 g/mol. The highest BCUT2D eigenvalue weighted by molar-refractivity contribution is 5.05. The fourth-order valence-electron chi connectivity index (χ4n) is 3.82. The number of likely N-dealkylation sites (tertiary alicyclic amines) is 1. The maximum absolute atomic E-state index is 10.5. The van der Waals surface area contributed by atoms with Gasteiger partial charge in [0, 0.05) is 12.1 Å². The number of unbranched alkanes of at least 4 members (excludes halogenated alkanes) is 4. The van der Waals surface area contributed by atoms with Crippen molar-refractivity contribution >= 4 is 0 Å². The van der Waals surface area contributed by atoms with E-state index in [2.05, 4.69) is 13.8 Å². The number of aliphatic hydroxyl groups excluding tert-OH is 3. The molecule has 4 heteroatoms. The van der Waals surface area contributed by atoms with Crippen LogP contribution in [0.25, 0.3) is 0 Å². The summed E-state index contributed by atoms with van der Waals surface area (Å²) in [4.78, 5) is 2.04. The van der Waals surface area contributed by atoms with Gasteiger partial charge in [0.05, 0.1) is 6.10 Å².